The molecule has 0 atom stereocenters. The van der Waals surface area contributed by atoms with E-state index in [2.05, 4.69) is 37.8 Å². The summed E-state index contributed by atoms with van der Waals surface area (Å²) in [5.41, 5.74) is 0. The first-order valence-electron chi connectivity index (χ1n) is 5.40. The first kappa shape index (κ1) is 14.0. The number of ether oxygens (including phenoxy) is 2. The maximum absolute atomic E-state index is 5.02. The average molecular weight is 305 g/mol. The summed E-state index contributed by atoms with van der Waals surface area (Å²) in [6.07, 6.45) is 1.02. The fraction of sp³-hybridized carbons (Fsp3) is 0.700. The molecule has 1 heterocycles. The molecule has 0 N–H and O–H groups in total. The van der Waals surface area contributed by atoms with Gasteiger partial charge in [-0.1, -0.05) is 15.9 Å². The molecule has 0 aromatic carbocycles. The van der Waals surface area contributed by atoms with Crippen molar-refractivity contribution in [3.8, 4) is 12.0 Å². The number of hydrogen-bond acceptors (Lipinski definition) is 6. The van der Waals surface area contributed by atoms with Gasteiger partial charge < -0.3 is 14.4 Å². The Morgan fingerprint density at radius 1 is 1.12 bits per heavy atom. The largest absolute Gasteiger partial charge is 0.467 e. The van der Waals surface area contributed by atoms with Crippen LogP contribution in [0.1, 0.15) is 13.3 Å². The van der Waals surface area contributed by atoms with Crippen molar-refractivity contribution in [3.05, 3.63) is 0 Å². The third kappa shape index (κ3) is 3.99. The van der Waals surface area contributed by atoms with Gasteiger partial charge in [-0.3, -0.25) is 0 Å². The molecule has 0 radical (unpaired) electrons. The minimum Gasteiger partial charge on any atom is -0.467 e. The lowest BCUT2D eigenvalue weighted by Crippen LogP contribution is -2.26. The zero-order valence-corrected chi connectivity index (χ0v) is 11.9. The molecule has 0 amide bonds. The Morgan fingerprint density at radius 3 is 2.12 bits per heavy atom. The summed E-state index contributed by atoms with van der Waals surface area (Å²) in [6, 6.07) is 0.535. The van der Waals surface area contributed by atoms with Gasteiger partial charge >= 0.3 is 12.0 Å². The fourth-order valence-electron chi connectivity index (χ4n) is 1.30. The van der Waals surface area contributed by atoms with Crippen LogP contribution in [0.2, 0.25) is 0 Å². The highest BCUT2D eigenvalue weighted by Gasteiger charge is 2.12. The van der Waals surface area contributed by atoms with Crippen molar-refractivity contribution in [2.75, 3.05) is 37.5 Å². The number of halogens is 1. The Balaban J connectivity index is 2.92. The first-order valence-corrected chi connectivity index (χ1v) is 6.52. The first-order chi connectivity index (χ1) is 8.24. The number of rotatable bonds is 7. The van der Waals surface area contributed by atoms with Crippen LogP contribution in [0.15, 0.2) is 0 Å². The van der Waals surface area contributed by atoms with Crippen LogP contribution in [0.5, 0.6) is 12.0 Å². The molecule has 0 saturated heterocycles. The summed E-state index contributed by atoms with van der Waals surface area (Å²) in [5, 5.41) is 0.947. The second-order valence-electron chi connectivity index (χ2n) is 3.23. The normalized spacial score (nSPS) is 10.1. The molecule has 1 aromatic heterocycles. The van der Waals surface area contributed by atoms with Crippen LogP contribution < -0.4 is 14.4 Å². The van der Waals surface area contributed by atoms with Crippen molar-refractivity contribution in [1.82, 2.24) is 15.0 Å². The van der Waals surface area contributed by atoms with E-state index in [1.807, 2.05) is 4.90 Å². The Labute approximate surface area is 109 Å². The van der Waals surface area contributed by atoms with Crippen LogP contribution in [0.4, 0.5) is 5.95 Å². The molecule has 6 nitrogen and oxygen atoms in total. The molecule has 0 aliphatic rings. The van der Waals surface area contributed by atoms with Gasteiger partial charge in [-0.05, 0) is 13.3 Å². The topological polar surface area (TPSA) is 60.4 Å². The lowest BCUT2D eigenvalue weighted by atomic mass is 10.4. The Bertz CT molecular complexity index is 329. The third-order valence-corrected chi connectivity index (χ3v) is 2.73. The molecule has 0 aliphatic heterocycles. The highest BCUT2D eigenvalue weighted by atomic mass is 79.9. The lowest BCUT2D eigenvalue weighted by Gasteiger charge is -2.20. The molecular weight excluding hydrogens is 288 g/mol. The molecular formula is C10H17BrN4O2. The van der Waals surface area contributed by atoms with E-state index in [4.69, 9.17) is 9.47 Å². The van der Waals surface area contributed by atoms with Gasteiger partial charge in [0, 0.05) is 18.4 Å². The van der Waals surface area contributed by atoms with Gasteiger partial charge in [-0.2, -0.15) is 9.97 Å². The van der Waals surface area contributed by atoms with Crippen molar-refractivity contribution in [2.24, 2.45) is 0 Å². The Morgan fingerprint density at radius 2 is 1.71 bits per heavy atom. The van der Waals surface area contributed by atoms with Crippen LogP contribution in [0, 0.1) is 0 Å². The minimum atomic E-state index is 0.268. The van der Waals surface area contributed by atoms with Crippen LogP contribution in [-0.2, 0) is 0 Å². The van der Waals surface area contributed by atoms with Crippen molar-refractivity contribution < 1.29 is 9.47 Å². The average Bonchev–Trinajstić information content (AvgIpc) is 2.39. The molecule has 1 rings (SSSR count). The molecule has 0 saturated carbocycles. The number of alkyl halides is 1. The third-order valence-electron chi connectivity index (χ3n) is 2.17. The summed E-state index contributed by atoms with van der Waals surface area (Å²) in [7, 11) is 3.04. The second-order valence-corrected chi connectivity index (χ2v) is 4.02. The molecule has 0 aliphatic carbocycles. The van der Waals surface area contributed by atoms with Gasteiger partial charge in [0.25, 0.3) is 0 Å². The number of hydrogen-bond donors (Lipinski definition) is 0. The quantitative estimate of drug-likeness (QED) is 0.712. The number of aromatic nitrogens is 3. The van der Waals surface area contributed by atoms with E-state index in [-0.39, 0.29) is 12.0 Å². The van der Waals surface area contributed by atoms with E-state index in [1.165, 1.54) is 14.2 Å². The van der Waals surface area contributed by atoms with Gasteiger partial charge in [0.1, 0.15) is 0 Å². The number of methoxy groups -OCH3 is 2. The van der Waals surface area contributed by atoms with Crippen LogP contribution in [-0.4, -0.2) is 47.6 Å². The SMILES string of the molecule is CCN(CCCBr)c1nc(OC)nc(OC)n1. The highest BCUT2D eigenvalue weighted by molar-refractivity contribution is 9.09. The van der Waals surface area contributed by atoms with E-state index < -0.39 is 0 Å². The monoisotopic (exact) mass is 304 g/mol. The Kier molecular flexibility index (Phi) is 5.96. The zero-order chi connectivity index (χ0) is 12.7. The number of nitrogens with zero attached hydrogens (tertiary/aromatic N) is 4. The van der Waals surface area contributed by atoms with Crippen molar-refractivity contribution in [1.29, 1.82) is 0 Å². The predicted molar refractivity (Wildman–Crippen MR) is 69.2 cm³/mol. The standard InChI is InChI=1S/C10H17BrN4O2/c1-4-15(7-5-6-11)8-12-9(16-2)14-10(13-8)17-3/h4-7H2,1-3H3. The van der Waals surface area contributed by atoms with Gasteiger partial charge in [-0.15, -0.1) is 4.98 Å². The summed E-state index contributed by atoms with van der Waals surface area (Å²) >= 11 is 3.41. The van der Waals surface area contributed by atoms with E-state index in [1.54, 1.807) is 0 Å². The van der Waals surface area contributed by atoms with Crippen molar-refractivity contribution in [3.63, 3.8) is 0 Å². The van der Waals surface area contributed by atoms with Crippen LogP contribution in [0.25, 0.3) is 0 Å². The molecule has 7 heteroatoms. The van der Waals surface area contributed by atoms with Crippen molar-refractivity contribution >= 4 is 21.9 Å². The molecule has 0 bridgehead atoms. The molecule has 1 aromatic rings. The Hall–Kier alpha value is -1.11. The lowest BCUT2D eigenvalue weighted by molar-refractivity contribution is 0.340. The maximum atomic E-state index is 5.02. The zero-order valence-electron chi connectivity index (χ0n) is 10.3. The summed E-state index contributed by atoms with van der Waals surface area (Å²) in [5.74, 6) is 0.581. The smallest absolute Gasteiger partial charge is 0.324 e. The van der Waals surface area contributed by atoms with Gasteiger partial charge in [0.15, 0.2) is 0 Å². The van der Waals surface area contributed by atoms with E-state index >= 15 is 0 Å². The molecule has 17 heavy (non-hydrogen) atoms. The summed E-state index contributed by atoms with van der Waals surface area (Å²) < 4.78 is 10.0. The van der Waals surface area contributed by atoms with Gasteiger partial charge in [-0.25, -0.2) is 0 Å². The fourth-order valence-corrected chi connectivity index (χ4v) is 1.55. The number of anilines is 1. The van der Waals surface area contributed by atoms with E-state index in [9.17, 15) is 0 Å². The molecule has 0 unspecified atom stereocenters. The molecule has 0 spiro atoms. The van der Waals surface area contributed by atoms with E-state index in [0.717, 1.165) is 24.8 Å². The minimum absolute atomic E-state index is 0.268. The van der Waals surface area contributed by atoms with Gasteiger partial charge in [0.05, 0.1) is 14.2 Å². The predicted octanol–water partition coefficient (Wildman–Crippen LogP) is 1.50. The molecule has 96 valence electrons. The van der Waals surface area contributed by atoms with Gasteiger partial charge in [0.2, 0.25) is 5.95 Å². The summed E-state index contributed by atoms with van der Waals surface area (Å²) in [4.78, 5) is 14.4. The van der Waals surface area contributed by atoms with E-state index in [0.29, 0.717) is 5.95 Å². The van der Waals surface area contributed by atoms with Crippen molar-refractivity contribution in [2.45, 2.75) is 13.3 Å². The van der Waals surface area contributed by atoms with Crippen LogP contribution >= 0.6 is 15.9 Å². The summed E-state index contributed by atoms with van der Waals surface area (Å²) in [6.45, 7) is 3.75. The maximum Gasteiger partial charge on any atom is 0.324 e. The highest BCUT2D eigenvalue weighted by Crippen LogP contribution is 2.16. The molecule has 0 fully saturated rings. The second kappa shape index (κ2) is 7.26. The van der Waals surface area contributed by atoms with Crippen LogP contribution in [0.3, 0.4) is 0 Å².